The number of hydrogen-bond donors (Lipinski definition) is 0. The topological polar surface area (TPSA) is 42.9 Å². The Kier molecular flexibility index (Phi) is 2.72. The molecule has 0 fully saturated rings. The van der Waals surface area contributed by atoms with Crippen LogP contribution in [-0.4, -0.2) is 15.8 Å². The zero-order chi connectivity index (χ0) is 11.5. The van der Waals surface area contributed by atoms with Gasteiger partial charge in [0.2, 0.25) is 5.78 Å². The minimum absolute atomic E-state index is 0.215. The summed E-state index contributed by atoms with van der Waals surface area (Å²) >= 11 is 0. The van der Waals surface area contributed by atoms with Crippen molar-refractivity contribution in [2.45, 2.75) is 6.92 Å². The molecule has 1 aromatic heterocycles. The van der Waals surface area contributed by atoms with Gasteiger partial charge >= 0.3 is 0 Å². The highest BCUT2D eigenvalue weighted by atomic mass is 19.1. The van der Waals surface area contributed by atoms with Crippen molar-refractivity contribution in [3.05, 3.63) is 59.4 Å². The summed E-state index contributed by atoms with van der Waals surface area (Å²) in [6.07, 6.45) is 4.27. The number of benzene rings is 1. The Morgan fingerprint density at radius 2 is 2.06 bits per heavy atom. The van der Waals surface area contributed by atoms with E-state index in [9.17, 15) is 9.18 Å². The van der Waals surface area contributed by atoms with Crippen LogP contribution in [0.25, 0.3) is 0 Å². The minimum Gasteiger partial charge on any atom is -0.287 e. The van der Waals surface area contributed by atoms with Gasteiger partial charge in [-0.05, 0) is 30.7 Å². The van der Waals surface area contributed by atoms with Crippen molar-refractivity contribution in [1.82, 2.24) is 9.97 Å². The van der Waals surface area contributed by atoms with Crippen molar-refractivity contribution >= 4 is 5.78 Å². The molecule has 0 atom stereocenters. The third-order valence-electron chi connectivity index (χ3n) is 2.10. The van der Waals surface area contributed by atoms with E-state index >= 15 is 0 Å². The second-order valence-electron chi connectivity index (χ2n) is 3.44. The van der Waals surface area contributed by atoms with Gasteiger partial charge in [-0.15, -0.1) is 0 Å². The maximum Gasteiger partial charge on any atom is 0.213 e. The van der Waals surface area contributed by atoms with Crippen molar-refractivity contribution in [3.63, 3.8) is 0 Å². The Morgan fingerprint density at radius 3 is 2.69 bits per heavy atom. The number of rotatable bonds is 2. The fourth-order valence-electron chi connectivity index (χ4n) is 1.43. The van der Waals surface area contributed by atoms with Crippen LogP contribution in [0.15, 0.2) is 36.8 Å². The van der Waals surface area contributed by atoms with Crippen molar-refractivity contribution in [2.24, 2.45) is 0 Å². The lowest BCUT2D eigenvalue weighted by Crippen LogP contribution is -2.05. The average molecular weight is 216 g/mol. The van der Waals surface area contributed by atoms with Gasteiger partial charge in [-0.2, -0.15) is 0 Å². The van der Waals surface area contributed by atoms with E-state index in [0.29, 0.717) is 5.56 Å². The highest BCUT2D eigenvalue weighted by molar-refractivity contribution is 6.07. The van der Waals surface area contributed by atoms with Crippen LogP contribution in [0.1, 0.15) is 21.6 Å². The number of aryl methyl sites for hydroxylation is 1. The SMILES string of the molecule is Cc1cc(F)cc(C(=O)c2cnccn2)c1. The standard InChI is InChI=1S/C12H9FN2O/c1-8-4-9(6-10(13)5-8)12(16)11-7-14-2-3-15-11/h2-7H,1H3. The number of carbonyl (C=O) groups is 1. The molecule has 0 aliphatic rings. The van der Waals surface area contributed by atoms with E-state index in [2.05, 4.69) is 9.97 Å². The van der Waals surface area contributed by atoms with Crippen LogP contribution in [0, 0.1) is 12.7 Å². The number of hydrogen-bond acceptors (Lipinski definition) is 3. The molecule has 0 spiro atoms. The van der Waals surface area contributed by atoms with E-state index < -0.39 is 5.82 Å². The quantitative estimate of drug-likeness (QED) is 0.722. The summed E-state index contributed by atoms with van der Waals surface area (Å²) in [6.45, 7) is 1.73. The zero-order valence-corrected chi connectivity index (χ0v) is 8.64. The summed E-state index contributed by atoms with van der Waals surface area (Å²) in [4.78, 5) is 19.6. The lowest BCUT2D eigenvalue weighted by atomic mass is 10.1. The van der Waals surface area contributed by atoms with E-state index in [0.717, 1.165) is 0 Å². The summed E-state index contributed by atoms with van der Waals surface area (Å²) in [7, 11) is 0. The first-order valence-corrected chi connectivity index (χ1v) is 4.75. The third-order valence-corrected chi connectivity index (χ3v) is 2.10. The van der Waals surface area contributed by atoms with Gasteiger partial charge in [-0.3, -0.25) is 9.78 Å². The van der Waals surface area contributed by atoms with Crippen LogP contribution in [0.3, 0.4) is 0 Å². The molecule has 2 aromatic rings. The monoisotopic (exact) mass is 216 g/mol. The molecule has 16 heavy (non-hydrogen) atoms. The lowest BCUT2D eigenvalue weighted by molar-refractivity contribution is 0.103. The van der Waals surface area contributed by atoms with Crippen molar-refractivity contribution in [3.8, 4) is 0 Å². The predicted octanol–water partition coefficient (Wildman–Crippen LogP) is 2.16. The van der Waals surface area contributed by atoms with E-state index in [4.69, 9.17) is 0 Å². The van der Waals surface area contributed by atoms with E-state index in [1.807, 2.05) is 0 Å². The van der Waals surface area contributed by atoms with Gasteiger partial charge in [0.05, 0.1) is 6.20 Å². The third kappa shape index (κ3) is 2.11. The molecule has 0 bridgehead atoms. The van der Waals surface area contributed by atoms with Gasteiger partial charge in [-0.1, -0.05) is 0 Å². The number of aromatic nitrogens is 2. The molecule has 1 aromatic carbocycles. The van der Waals surface area contributed by atoms with Gasteiger partial charge in [-0.25, -0.2) is 9.37 Å². The van der Waals surface area contributed by atoms with Crippen molar-refractivity contribution in [2.75, 3.05) is 0 Å². The molecule has 1 heterocycles. The fraction of sp³-hybridized carbons (Fsp3) is 0.0833. The number of ketones is 1. The summed E-state index contributed by atoms with van der Waals surface area (Å²) in [5.41, 5.74) is 1.21. The lowest BCUT2D eigenvalue weighted by Gasteiger charge is -2.01. The number of halogens is 1. The Balaban J connectivity index is 2.42. The van der Waals surface area contributed by atoms with E-state index in [-0.39, 0.29) is 17.0 Å². The van der Waals surface area contributed by atoms with Crippen molar-refractivity contribution in [1.29, 1.82) is 0 Å². The highest BCUT2D eigenvalue weighted by Gasteiger charge is 2.11. The molecule has 0 saturated heterocycles. The largest absolute Gasteiger partial charge is 0.287 e. The van der Waals surface area contributed by atoms with Gasteiger partial charge in [0.15, 0.2) is 0 Å². The van der Waals surface area contributed by atoms with Gasteiger partial charge in [0.1, 0.15) is 11.5 Å². The predicted molar refractivity (Wildman–Crippen MR) is 56.6 cm³/mol. The van der Waals surface area contributed by atoms with Gasteiger partial charge in [0.25, 0.3) is 0 Å². The molecule has 2 rings (SSSR count). The molecule has 4 heteroatoms. The highest BCUT2D eigenvalue weighted by Crippen LogP contribution is 2.11. The first-order chi connectivity index (χ1) is 7.66. The van der Waals surface area contributed by atoms with Crippen LogP contribution >= 0.6 is 0 Å². The molecule has 0 saturated carbocycles. The molecular weight excluding hydrogens is 207 g/mol. The number of nitrogens with zero attached hydrogens (tertiary/aromatic N) is 2. The Bertz CT molecular complexity index is 506. The van der Waals surface area contributed by atoms with Crippen molar-refractivity contribution < 1.29 is 9.18 Å². The molecular formula is C12H9FN2O. The van der Waals surface area contributed by atoms with E-state index in [1.54, 1.807) is 13.0 Å². The van der Waals surface area contributed by atoms with Crippen LogP contribution in [0.4, 0.5) is 4.39 Å². The smallest absolute Gasteiger partial charge is 0.213 e. The number of carbonyl (C=O) groups excluding carboxylic acids is 1. The maximum atomic E-state index is 13.1. The molecule has 80 valence electrons. The Morgan fingerprint density at radius 1 is 1.25 bits per heavy atom. The molecule has 0 aliphatic carbocycles. The molecule has 0 radical (unpaired) electrons. The van der Waals surface area contributed by atoms with Crippen LogP contribution in [0.2, 0.25) is 0 Å². The van der Waals surface area contributed by atoms with Gasteiger partial charge < -0.3 is 0 Å². The molecule has 3 nitrogen and oxygen atoms in total. The summed E-state index contributed by atoms with van der Waals surface area (Å²) in [6, 6.07) is 4.19. The molecule has 0 amide bonds. The summed E-state index contributed by atoms with van der Waals surface area (Å²) in [5, 5.41) is 0. The maximum absolute atomic E-state index is 13.1. The Hall–Kier alpha value is -2.10. The zero-order valence-electron chi connectivity index (χ0n) is 8.64. The van der Waals surface area contributed by atoms with E-state index in [1.165, 1.54) is 30.7 Å². The first-order valence-electron chi connectivity index (χ1n) is 4.75. The van der Waals surface area contributed by atoms with Crippen LogP contribution < -0.4 is 0 Å². The first kappa shape index (κ1) is 10.4. The summed E-state index contributed by atoms with van der Waals surface area (Å²) in [5.74, 6) is -0.747. The normalized spacial score (nSPS) is 10.1. The van der Waals surface area contributed by atoms with Gasteiger partial charge in [0, 0.05) is 18.0 Å². The fourth-order valence-corrected chi connectivity index (χ4v) is 1.43. The summed E-state index contributed by atoms with van der Waals surface area (Å²) < 4.78 is 13.1. The second-order valence-corrected chi connectivity index (χ2v) is 3.44. The van der Waals surface area contributed by atoms with Crippen LogP contribution in [0.5, 0.6) is 0 Å². The molecule has 0 unspecified atom stereocenters. The Labute approximate surface area is 92.0 Å². The van der Waals surface area contributed by atoms with Crippen LogP contribution in [-0.2, 0) is 0 Å². The average Bonchev–Trinajstić information content (AvgIpc) is 2.28. The minimum atomic E-state index is -0.424. The second kappa shape index (κ2) is 4.18. The molecule has 0 aliphatic heterocycles. The molecule has 0 N–H and O–H groups in total.